The second-order valence-electron chi connectivity index (χ2n) is 5.08. The summed E-state index contributed by atoms with van der Waals surface area (Å²) in [6.45, 7) is 0. The molecule has 0 amide bonds. The van der Waals surface area contributed by atoms with E-state index in [-0.39, 0.29) is 0 Å². The van der Waals surface area contributed by atoms with Gasteiger partial charge in [0, 0.05) is 4.83 Å². The number of hydrogen-bond donors (Lipinski definition) is 0. The Morgan fingerprint density at radius 3 is 2.38 bits per heavy atom. The summed E-state index contributed by atoms with van der Waals surface area (Å²) >= 11 is 3.81. The van der Waals surface area contributed by atoms with E-state index < -0.39 is 0 Å². The number of alkyl halides is 1. The van der Waals surface area contributed by atoms with E-state index in [1.54, 1.807) is 7.11 Å². The monoisotopic (exact) mass is 340 g/mol. The van der Waals surface area contributed by atoms with E-state index in [9.17, 15) is 0 Å². The number of benzene rings is 3. The van der Waals surface area contributed by atoms with Gasteiger partial charge in [-0.25, -0.2) is 0 Å². The number of rotatable bonds is 4. The van der Waals surface area contributed by atoms with Crippen molar-refractivity contribution >= 4 is 26.7 Å². The first-order valence-electron chi connectivity index (χ1n) is 7.02. The van der Waals surface area contributed by atoms with Crippen molar-refractivity contribution in [2.75, 3.05) is 7.11 Å². The van der Waals surface area contributed by atoms with Gasteiger partial charge in [0.2, 0.25) is 0 Å². The molecule has 0 saturated carbocycles. The van der Waals surface area contributed by atoms with Crippen LogP contribution in [-0.2, 0) is 6.42 Å². The van der Waals surface area contributed by atoms with E-state index in [1.165, 1.54) is 21.9 Å². The number of methoxy groups -OCH3 is 1. The smallest absolute Gasteiger partial charge is 0.118 e. The Labute approximate surface area is 133 Å². The van der Waals surface area contributed by atoms with Crippen LogP contribution >= 0.6 is 15.9 Å². The molecular formula is C19H17BrO. The van der Waals surface area contributed by atoms with E-state index in [2.05, 4.69) is 70.5 Å². The van der Waals surface area contributed by atoms with E-state index in [4.69, 9.17) is 4.74 Å². The highest BCUT2D eigenvalue weighted by molar-refractivity contribution is 9.09. The third kappa shape index (κ3) is 3.11. The van der Waals surface area contributed by atoms with Gasteiger partial charge in [0.15, 0.2) is 0 Å². The van der Waals surface area contributed by atoms with Gasteiger partial charge >= 0.3 is 0 Å². The molecule has 1 atom stereocenters. The minimum Gasteiger partial charge on any atom is -0.497 e. The number of hydrogen-bond acceptors (Lipinski definition) is 1. The van der Waals surface area contributed by atoms with Crippen LogP contribution in [0.2, 0.25) is 0 Å². The number of ether oxygens (including phenoxy) is 1. The van der Waals surface area contributed by atoms with E-state index in [0.29, 0.717) is 4.83 Å². The molecule has 1 nitrogen and oxygen atoms in total. The highest BCUT2D eigenvalue weighted by Crippen LogP contribution is 2.31. The lowest BCUT2D eigenvalue weighted by Gasteiger charge is -2.13. The van der Waals surface area contributed by atoms with Gasteiger partial charge in [0.05, 0.1) is 7.11 Å². The van der Waals surface area contributed by atoms with Crippen LogP contribution in [0.15, 0.2) is 66.7 Å². The zero-order valence-corrected chi connectivity index (χ0v) is 13.5. The molecule has 106 valence electrons. The Kier molecular flexibility index (Phi) is 4.26. The summed E-state index contributed by atoms with van der Waals surface area (Å²) in [6.07, 6.45) is 0.966. The van der Waals surface area contributed by atoms with Gasteiger partial charge in [-0.2, -0.15) is 0 Å². The minimum atomic E-state index is 0.300. The maximum atomic E-state index is 5.21. The summed E-state index contributed by atoms with van der Waals surface area (Å²) in [7, 11) is 1.69. The second kappa shape index (κ2) is 6.31. The zero-order chi connectivity index (χ0) is 14.7. The standard InChI is InChI=1S/C19H17BrO/c1-21-17-11-9-15(10-12-17)19(20)13-16-7-4-6-14-5-2-3-8-18(14)16/h2-12,19H,13H2,1H3. The van der Waals surface area contributed by atoms with E-state index in [1.807, 2.05) is 12.1 Å². The lowest BCUT2D eigenvalue weighted by molar-refractivity contribution is 0.414. The Bertz CT molecular complexity index is 729. The highest BCUT2D eigenvalue weighted by atomic mass is 79.9. The quantitative estimate of drug-likeness (QED) is 0.567. The van der Waals surface area contributed by atoms with Crippen molar-refractivity contribution in [3.05, 3.63) is 77.9 Å². The average molecular weight is 341 g/mol. The average Bonchev–Trinajstić information content (AvgIpc) is 2.55. The van der Waals surface area contributed by atoms with Gasteiger partial charge in [-0.3, -0.25) is 0 Å². The second-order valence-corrected chi connectivity index (χ2v) is 6.19. The van der Waals surface area contributed by atoms with E-state index >= 15 is 0 Å². The highest BCUT2D eigenvalue weighted by Gasteiger charge is 2.10. The number of fused-ring (bicyclic) bond motifs is 1. The predicted octanol–water partition coefficient (Wildman–Crippen LogP) is 5.53. The topological polar surface area (TPSA) is 9.23 Å². The van der Waals surface area contributed by atoms with E-state index in [0.717, 1.165) is 12.2 Å². The minimum absolute atomic E-state index is 0.300. The van der Waals surface area contributed by atoms with Gasteiger partial charge in [-0.15, -0.1) is 0 Å². The molecule has 1 unspecified atom stereocenters. The largest absolute Gasteiger partial charge is 0.497 e. The molecule has 0 spiro atoms. The molecule has 0 aromatic heterocycles. The summed E-state index contributed by atoms with van der Waals surface area (Å²) in [5.41, 5.74) is 2.63. The van der Waals surface area contributed by atoms with Gasteiger partial charge in [-0.05, 0) is 40.5 Å². The molecule has 0 aliphatic heterocycles. The fourth-order valence-electron chi connectivity index (χ4n) is 2.59. The lowest BCUT2D eigenvalue weighted by Crippen LogP contribution is -1.96. The van der Waals surface area contributed by atoms with Crippen molar-refractivity contribution in [3.63, 3.8) is 0 Å². The molecule has 0 radical (unpaired) electrons. The Morgan fingerprint density at radius 2 is 1.62 bits per heavy atom. The van der Waals surface area contributed by atoms with Crippen molar-refractivity contribution in [1.29, 1.82) is 0 Å². The molecular weight excluding hydrogens is 324 g/mol. The van der Waals surface area contributed by atoms with Crippen LogP contribution in [0.1, 0.15) is 16.0 Å². The van der Waals surface area contributed by atoms with Crippen LogP contribution in [0.4, 0.5) is 0 Å². The molecule has 3 aromatic rings. The van der Waals surface area contributed by atoms with Crippen LogP contribution in [0.5, 0.6) is 5.75 Å². The normalized spacial score (nSPS) is 12.3. The van der Waals surface area contributed by atoms with Crippen molar-refractivity contribution in [2.24, 2.45) is 0 Å². The first kappa shape index (κ1) is 14.2. The third-order valence-corrected chi connectivity index (χ3v) is 4.61. The van der Waals surface area contributed by atoms with Crippen molar-refractivity contribution < 1.29 is 4.74 Å². The lowest BCUT2D eigenvalue weighted by atomic mass is 9.98. The molecule has 21 heavy (non-hydrogen) atoms. The molecule has 0 heterocycles. The fourth-order valence-corrected chi connectivity index (χ4v) is 3.25. The van der Waals surface area contributed by atoms with Crippen LogP contribution in [0.25, 0.3) is 10.8 Å². The maximum Gasteiger partial charge on any atom is 0.118 e. The van der Waals surface area contributed by atoms with Crippen LogP contribution < -0.4 is 4.74 Å². The van der Waals surface area contributed by atoms with Gasteiger partial charge in [0.1, 0.15) is 5.75 Å². The summed E-state index contributed by atoms with van der Waals surface area (Å²) < 4.78 is 5.21. The maximum absolute atomic E-state index is 5.21. The third-order valence-electron chi connectivity index (χ3n) is 3.76. The first-order valence-corrected chi connectivity index (χ1v) is 7.94. The van der Waals surface area contributed by atoms with Gasteiger partial charge in [0.25, 0.3) is 0 Å². The Balaban J connectivity index is 1.87. The SMILES string of the molecule is COc1ccc(C(Br)Cc2cccc3ccccc23)cc1. The van der Waals surface area contributed by atoms with Crippen molar-refractivity contribution in [3.8, 4) is 5.75 Å². The van der Waals surface area contributed by atoms with Crippen LogP contribution in [0.3, 0.4) is 0 Å². The Hall–Kier alpha value is -1.80. The molecule has 0 aliphatic rings. The summed E-state index contributed by atoms with van der Waals surface area (Å²) in [4.78, 5) is 0.300. The van der Waals surface area contributed by atoms with Crippen molar-refractivity contribution in [1.82, 2.24) is 0 Å². The molecule has 2 heteroatoms. The molecule has 3 aromatic carbocycles. The van der Waals surface area contributed by atoms with Gasteiger partial charge < -0.3 is 4.74 Å². The summed E-state index contributed by atoms with van der Waals surface area (Å²) in [6, 6.07) is 23.3. The molecule has 0 fully saturated rings. The molecule has 0 aliphatic carbocycles. The first-order chi connectivity index (χ1) is 10.3. The summed E-state index contributed by atoms with van der Waals surface area (Å²) in [5.74, 6) is 0.892. The molecule has 0 N–H and O–H groups in total. The molecule has 0 saturated heterocycles. The molecule has 3 rings (SSSR count). The van der Waals surface area contributed by atoms with Gasteiger partial charge in [-0.1, -0.05) is 70.5 Å². The fraction of sp³-hybridized carbons (Fsp3) is 0.158. The van der Waals surface area contributed by atoms with Crippen molar-refractivity contribution in [2.45, 2.75) is 11.2 Å². The number of halogens is 1. The van der Waals surface area contributed by atoms with Crippen LogP contribution in [0, 0.1) is 0 Å². The Morgan fingerprint density at radius 1 is 0.905 bits per heavy atom. The van der Waals surface area contributed by atoms with Crippen LogP contribution in [-0.4, -0.2) is 7.11 Å². The summed E-state index contributed by atoms with van der Waals surface area (Å²) in [5, 5.41) is 2.63. The zero-order valence-electron chi connectivity index (χ0n) is 11.9. The predicted molar refractivity (Wildman–Crippen MR) is 92.3 cm³/mol. The molecule has 0 bridgehead atoms.